The highest BCUT2D eigenvalue weighted by Crippen LogP contribution is 2.13. The molecule has 0 aliphatic rings. The first-order valence-corrected chi connectivity index (χ1v) is 8.51. The second-order valence-electron chi connectivity index (χ2n) is 5.78. The monoisotopic (exact) mass is 336 g/mol. The molecule has 0 bridgehead atoms. The Balaban J connectivity index is 1.86. The number of nitrogens with zero attached hydrogens (tertiary/aromatic N) is 1. The normalized spacial score (nSPS) is 11.0. The maximum absolute atomic E-state index is 4.49. The standard InChI is InChI=1S/C24H20N2/c1-20-10-8-9-15-24(20)26-25-23(18-16-21-11-4-2-5-12-21)19-17-22-13-6-3-7-14-22/h2-16,18,26H,1H3/b18-16+,25-23-. The summed E-state index contributed by atoms with van der Waals surface area (Å²) in [4.78, 5) is 0. The molecule has 3 rings (SSSR count). The van der Waals surface area contributed by atoms with E-state index in [1.54, 1.807) is 0 Å². The van der Waals surface area contributed by atoms with Gasteiger partial charge in [-0.2, -0.15) is 5.10 Å². The number of hydrogen-bond acceptors (Lipinski definition) is 2. The Kier molecular flexibility index (Phi) is 6.01. The summed E-state index contributed by atoms with van der Waals surface area (Å²) in [6.45, 7) is 2.05. The van der Waals surface area contributed by atoms with Crippen molar-refractivity contribution >= 4 is 17.5 Å². The van der Waals surface area contributed by atoms with E-state index in [0.29, 0.717) is 5.71 Å². The van der Waals surface area contributed by atoms with Crippen LogP contribution in [0.25, 0.3) is 6.08 Å². The third kappa shape index (κ3) is 5.22. The van der Waals surface area contributed by atoms with Gasteiger partial charge in [-0.15, -0.1) is 0 Å². The van der Waals surface area contributed by atoms with Gasteiger partial charge in [0.15, 0.2) is 0 Å². The molecule has 2 heteroatoms. The van der Waals surface area contributed by atoms with Gasteiger partial charge in [-0.3, -0.25) is 5.43 Å². The van der Waals surface area contributed by atoms with Crippen molar-refractivity contribution in [2.75, 3.05) is 5.43 Å². The molecule has 126 valence electrons. The molecular formula is C24H20N2. The maximum atomic E-state index is 4.49. The lowest BCUT2D eigenvalue weighted by molar-refractivity contribution is 1.31. The van der Waals surface area contributed by atoms with E-state index in [2.05, 4.69) is 22.4 Å². The van der Waals surface area contributed by atoms with Crippen molar-refractivity contribution in [3.05, 3.63) is 108 Å². The van der Waals surface area contributed by atoms with Crippen molar-refractivity contribution in [3.63, 3.8) is 0 Å². The highest BCUT2D eigenvalue weighted by Gasteiger charge is 1.95. The number of benzene rings is 3. The Bertz CT molecular complexity index is 959. The van der Waals surface area contributed by atoms with Gasteiger partial charge in [-0.05, 0) is 48.2 Å². The van der Waals surface area contributed by atoms with Crippen LogP contribution < -0.4 is 5.43 Å². The number of aryl methyl sites for hydroxylation is 1. The predicted molar refractivity (Wildman–Crippen MR) is 111 cm³/mol. The third-order valence-corrected chi connectivity index (χ3v) is 3.78. The molecule has 0 spiro atoms. The second-order valence-corrected chi connectivity index (χ2v) is 5.78. The van der Waals surface area contributed by atoms with Gasteiger partial charge in [0.05, 0.1) is 5.69 Å². The quantitative estimate of drug-likeness (QED) is 0.378. The van der Waals surface area contributed by atoms with E-state index in [1.165, 1.54) is 0 Å². The number of para-hydroxylation sites is 1. The summed E-state index contributed by atoms with van der Waals surface area (Å²) < 4.78 is 0. The molecule has 3 aromatic rings. The molecule has 0 radical (unpaired) electrons. The Morgan fingerprint density at radius 3 is 2.23 bits per heavy atom. The van der Waals surface area contributed by atoms with E-state index in [4.69, 9.17) is 0 Å². The second kappa shape index (κ2) is 9.05. The van der Waals surface area contributed by atoms with Crippen LogP contribution in [0.2, 0.25) is 0 Å². The zero-order valence-electron chi connectivity index (χ0n) is 14.7. The van der Waals surface area contributed by atoms with Gasteiger partial charge in [0.25, 0.3) is 0 Å². The molecular weight excluding hydrogens is 316 g/mol. The number of hydrogen-bond donors (Lipinski definition) is 1. The summed E-state index contributed by atoms with van der Waals surface area (Å²) in [6.07, 6.45) is 3.94. The molecule has 0 unspecified atom stereocenters. The molecule has 0 aliphatic carbocycles. The van der Waals surface area contributed by atoms with Crippen molar-refractivity contribution in [2.24, 2.45) is 5.10 Å². The third-order valence-electron chi connectivity index (χ3n) is 3.78. The van der Waals surface area contributed by atoms with Crippen molar-refractivity contribution in [3.8, 4) is 11.8 Å². The number of hydrazone groups is 1. The molecule has 0 amide bonds. The van der Waals surface area contributed by atoms with Crippen molar-refractivity contribution < 1.29 is 0 Å². The zero-order chi connectivity index (χ0) is 18.0. The van der Waals surface area contributed by atoms with Crippen LogP contribution in [-0.2, 0) is 0 Å². The van der Waals surface area contributed by atoms with Crippen molar-refractivity contribution in [2.45, 2.75) is 6.92 Å². The predicted octanol–water partition coefficient (Wildman–Crippen LogP) is 5.53. The minimum Gasteiger partial charge on any atom is -0.277 e. The van der Waals surface area contributed by atoms with E-state index >= 15 is 0 Å². The fourth-order valence-electron chi connectivity index (χ4n) is 2.32. The molecule has 0 aromatic heterocycles. The van der Waals surface area contributed by atoms with E-state index < -0.39 is 0 Å². The lowest BCUT2D eigenvalue weighted by atomic mass is 10.2. The van der Waals surface area contributed by atoms with E-state index in [0.717, 1.165) is 22.4 Å². The van der Waals surface area contributed by atoms with Crippen LogP contribution >= 0.6 is 0 Å². The van der Waals surface area contributed by atoms with E-state index in [9.17, 15) is 0 Å². The SMILES string of the molecule is Cc1ccccc1N/N=C(C#Cc1ccccc1)/C=C/c1ccccc1. The average Bonchev–Trinajstić information content (AvgIpc) is 2.70. The molecule has 0 aliphatic heterocycles. The highest BCUT2D eigenvalue weighted by molar-refractivity contribution is 6.11. The van der Waals surface area contributed by atoms with Crippen LogP contribution in [-0.4, -0.2) is 5.71 Å². The molecule has 1 N–H and O–H groups in total. The molecule has 0 saturated heterocycles. The summed E-state index contributed by atoms with van der Waals surface area (Å²) in [5.41, 5.74) is 7.97. The van der Waals surface area contributed by atoms with Crippen LogP contribution in [0.5, 0.6) is 0 Å². The topological polar surface area (TPSA) is 24.4 Å². The summed E-state index contributed by atoms with van der Waals surface area (Å²) in [5.74, 6) is 6.31. The maximum Gasteiger partial charge on any atom is 0.133 e. The summed E-state index contributed by atoms with van der Waals surface area (Å²) in [7, 11) is 0. The molecule has 0 fully saturated rings. The van der Waals surface area contributed by atoms with Gasteiger partial charge < -0.3 is 0 Å². The number of anilines is 1. The molecule has 0 atom stereocenters. The summed E-state index contributed by atoms with van der Waals surface area (Å²) >= 11 is 0. The van der Waals surface area contributed by atoms with Crippen LogP contribution in [0.15, 0.2) is 96.1 Å². The van der Waals surface area contributed by atoms with Crippen LogP contribution in [0.3, 0.4) is 0 Å². The van der Waals surface area contributed by atoms with Gasteiger partial charge in [0.2, 0.25) is 0 Å². The number of rotatable bonds is 4. The Morgan fingerprint density at radius 1 is 0.846 bits per heavy atom. The van der Waals surface area contributed by atoms with Gasteiger partial charge in [0, 0.05) is 5.56 Å². The first-order valence-electron chi connectivity index (χ1n) is 8.51. The first kappa shape index (κ1) is 17.3. The molecule has 0 saturated carbocycles. The highest BCUT2D eigenvalue weighted by atomic mass is 15.3. The largest absolute Gasteiger partial charge is 0.277 e. The van der Waals surface area contributed by atoms with Gasteiger partial charge in [-0.25, -0.2) is 0 Å². The smallest absolute Gasteiger partial charge is 0.133 e. The Labute approximate surface area is 154 Å². The minimum absolute atomic E-state index is 0.668. The Hall–Kier alpha value is -3.57. The molecule has 2 nitrogen and oxygen atoms in total. The van der Waals surface area contributed by atoms with Crippen LogP contribution in [0.4, 0.5) is 5.69 Å². The van der Waals surface area contributed by atoms with E-state index in [1.807, 2.05) is 104 Å². The molecule has 26 heavy (non-hydrogen) atoms. The van der Waals surface area contributed by atoms with Gasteiger partial charge in [-0.1, -0.05) is 78.7 Å². The first-order chi connectivity index (χ1) is 12.8. The number of allylic oxidation sites excluding steroid dienone is 1. The summed E-state index contributed by atoms with van der Waals surface area (Å²) in [6, 6.07) is 28.1. The zero-order valence-corrected chi connectivity index (χ0v) is 14.7. The molecule has 3 aromatic carbocycles. The fraction of sp³-hybridized carbons (Fsp3) is 0.0417. The van der Waals surface area contributed by atoms with Gasteiger partial charge >= 0.3 is 0 Å². The minimum atomic E-state index is 0.668. The van der Waals surface area contributed by atoms with Crippen molar-refractivity contribution in [1.82, 2.24) is 0 Å². The summed E-state index contributed by atoms with van der Waals surface area (Å²) in [5, 5.41) is 4.49. The van der Waals surface area contributed by atoms with Crippen LogP contribution in [0.1, 0.15) is 16.7 Å². The molecule has 0 heterocycles. The fourth-order valence-corrected chi connectivity index (χ4v) is 2.32. The number of nitrogens with one attached hydrogen (secondary N) is 1. The van der Waals surface area contributed by atoms with Crippen LogP contribution in [0, 0.1) is 18.8 Å². The Morgan fingerprint density at radius 2 is 1.50 bits per heavy atom. The lowest BCUT2D eigenvalue weighted by Gasteiger charge is -2.04. The average molecular weight is 336 g/mol. The lowest BCUT2D eigenvalue weighted by Crippen LogP contribution is -1.98. The van der Waals surface area contributed by atoms with E-state index in [-0.39, 0.29) is 0 Å². The van der Waals surface area contributed by atoms with Crippen molar-refractivity contribution in [1.29, 1.82) is 0 Å². The van der Waals surface area contributed by atoms with Gasteiger partial charge in [0.1, 0.15) is 5.71 Å².